The fourth-order valence-electron chi connectivity index (χ4n) is 2.16. The minimum absolute atomic E-state index is 0.414. The number of rotatable bonds is 11. The lowest BCUT2D eigenvalue weighted by Gasteiger charge is -2.18. The Morgan fingerprint density at radius 1 is 1.35 bits per heavy atom. The predicted octanol–water partition coefficient (Wildman–Crippen LogP) is 2.27. The second kappa shape index (κ2) is 9.88. The molecule has 1 rings (SSSR count). The first-order valence-electron chi connectivity index (χ1n) is 7.85. The van der Waals surface area contributed by atoms with E-state index in [0.717, 1.165) is 51.4 Å². The highest BCUT2D eigenvalue weighted by Crippen LogP contribution is 2.06. The Balaban J connectivity index is 2.55. The van der Waals surface area contributed by atoms with Crippen molar-refractivity contribution in [2.24, 2.45) is 5.92 Å². The summed E-state index contributed by atoms with van der Waals surface area (Å²) in [5.41, 5.74) is 0. The summed E-state index contributed by atoms with van der Waals surface area (Å²) in [6.07, 6.45) is 4.74. The molecule has 0 saturated heterocycles. The average molecular weight is 282 g/mol. The van der Waals surface area contributed by atoms with Crippen molar-refractivity contribution in [2.75, 3.05) is 19.8 Å². The predicted molar refractivity (Wildman–Crippen MR) is 81.8 cm³/mol. The molecule has 0 spiro atoms. The van der Waals surface area contributed by atoms with E-state index in [1.54, 1.807) is 6.33 Å². The maximum Gasteiger partial charge on any atom is 0.138 e. The van der Waals surface area contributed by atoms with Crippen LogP contribution in [0.25, 0.3) is 0 Å². The number of ether oxygens (including phenoxy) is 1. The molecule has 5 heteroatoms. The maximum absolute atomic E-state index is 5.48. The molecule has 0 bridgehead atoms. The van der Waals surface area contributed by atoms with E-state index < -0.39 is 0 Å². The van der Waals surface area contributed by atoms with Crippen LogP contribution in [0.3, 0.4) is 0 Å². The van der Waals surface area contributed by atoms with Crippen LogP contribution in [-0.4, -0.2) is 40.6 Å². The Morgan fingerprint density at radius 2 is 2.15 bits per heavy atom. The third-order valence-electron chi connectivity index (χ3n) is 3.16. The molecule has 1 aromatic rings. The molecule has 1 aromatic heterocycles. The number of hydrogen-bond acceptors (Lipinski definition) is 4. The SMILES string of the molecule is CCCNC(CCOCC)Cc1ncnn1CC(C)C. The normalized spacial score (nSPS) is 13.1. The third kappa shape index (κ3) is 6.48. The molecule has 1 unspecified atom stereocenters. The van der Waals surface area contributed by atoms with E-state index in [2.05, 4.69) is 36.2 Å². The summed E-state index contributed by atoms with van der Waals surface area (Å²) in [5, 5.41) is 7.92. The maximum atomic E-state index is 5.48. The second-order valence-electron chi connectivity index (χ2n) is 5.59. The Hall–Kier alpha value is -0.940. The molecule has 0 radical (unpaired) electrons. The van der Waals surface area contributed by atoms with Gasteiger partial charge in [0.1, 0.15) is 12.2 Å². The Kier molecular flexibility index (Phi) is 8.46. The molecule has 0 amide bonds. The summed E-state index contributed by atoms with van der Waals surface area (Å²) in [6.45, 7) is 12.2. The van der Waals surface area contributed by atoms with Gasteiger partial charge in [0.25, 0.3) is 0 Å². The molecule has 0 aliphatic carbocycles. The van der Waals surface area contributed by atoms with Gasteiger partial charge in [0, 0.05) is 32.2 Å². The van der Waals surface area contributed by atoms with Crippen molar-refractivity contribution in [3.8, 4) is 0 Å². The molecular formula is C15H30N4O. The van der Waals surface area contributed by atoms with Gasteiger partial charge in [0.2, 0.25) is 0 Å². The Bertz CT molecular complexity index is 351. The van der Waals surface area contributed by atoms with Gasteiger partial charge in [-0.2, -0.15) is 5.10 Å². The standard InChI is InChI=1S/C15H30N4O/c1-5-8-16-14(7-9-20-6-2)10-15-17-12-18-19(15)11-13(3)4/h12-14,16H,5-11H2,1-4H3. The summed E-state index contributed by atoms with van der Waals surface area (Å²) in [4.78, 5) is 4.42. The summed E-state index contributed by atoms with van der Waals surface area (Å²) in [5.74, 6) is 1.66. The van der Waals surface area contributed by atoms with Crippen LogP contribution >= 0.6 is 0 Å². The van der Waals surface area contributed by atoms with Gasteiger partial charge in [-0.3, -0.25) is 0 Å². The fraction of sp³-hybridized carbons (Fsp3) is 0.867. The Labute approximate surface area is 123 Å². The third-order valence-corrected chi connectivity index (χ3v) is 3.16. The molecule has 1 heterocycles. The zero-order valence-electron chi connectivity index (χ0n) is 13.4. The quantitative estimate of drug-likeness (QED) is 0.633. The van der Waals surface area contributed by atoms with Gasteiger partial charge in [0.15, 0.2) is 0 Å². The topological polar surface area (TPSA) is 52.0 Å². The van der Waals surface area contributed by atoms with Gasteiger partial charge in [-0.05, 0) is 32.2 Å². The van der Waals surface area contributed by atoms with Crippen molar-refractivity contribution < 1.29 is 4.74 Å². The van der Waals surface area contributed by atoms with Crippen LogP contribution < -0.4 is 5.32 Å². The van der Waals surface area contributed by atoms with Crippen LogP contribution in [0.2, 0.25) is 0 Å². The van der Waals surface area contributed by atoms with Crippen LogP contribution in [0.1, 0.15) is 46.4 Å². The van der Waals surface area contributed by atoms with Crippen molar-refractivity contribution in [1.82, 2.24) is 20.1 Å². The van der Waals surface area contributed by atoms with E-state index in [1.165, 1.54) is 0 Å². The van der Waals surface area contributed by atoms with E-state index in [9.17, 15) is 0 Å². The van der Waals surface area contributed by atoms with Crippen LogP contribution in [0.4, 0.5) is 0 Å². The van der Waals surface area contributed by atoms with Crippen molar-refractivity contribution in [3.63, 3.8) is 0 Å². The molecule has 0 saturated carbocycles. The highest BCUT2D eigenvalue weighted by atomic mass is 16.5. The minimum atomic E-state index is 0.414. The van der Waals surface area contributed by atoms with E-state index in [1.807, 2.05) is 11.6 Å². The lowest BCUT2D eigenvalue weighted by atomic mass is 10.1. The van der Waals surface area contributed by atoms with E-state index >= 15 is 0 Å². The first-order chi connectivity index (χ1) is 9.67. The molecular weight excluding hydrogens is 252 g/mol. The highest BCUT2D eigenvalue weighted by Gasteiger charge is 2.14. The van der Waals surface area contributed by atoms with Gasteiger partial charge in [-0.1, -0.05) is 20.8 Å². The summed E-state index contributed by atoms with van der Waals surface area (Å²) < 4.78 is 7.51. The Morgan fingerprint density at radius 3 is 2.80 bits per heavy atom. The van der Waals surface area contributed by atoms with Crippen LogP contribution in [0, 0.1) is 5.92 Å². The van der Waals surface area contributed by atoms with E-state index in [4.69, 9.17) is 4.74 Å². The zero-order chi connectivity index (χ0) is 14.8. The first kappa shape index (κ1) is 17.1. The zero-order valence-corrected chi connectivity index (χ0v) is 13.4. The van der Waals surface area contributed by atoms with E-state index in [-0.39, 0.29) is 0 Å². The van der Waals surface area contributed by atoms with Crippen molar-refractivity contribution >= 4 is 0 Å². The number of hydrogen-bond donors (Lipinski definition) is 1. The second-order valence-corrected chi connectivity index (χ2v) is 5.59. The van der Waals surface area contributed by atoms with Gasteiger partial charge in [-0.25, -0.2) is 9.67 Å². The first-order valence-corrected chi connectivity index (χ1v) is 7.85. The molecule has 116 valence electrons. The molecule has 0 aliphatic rings. The molecule has 0 aliphatic heterocycles. The average Bonchev–Trinajstić information content (AvgIpc) is 2.82. The summed E-state index contributed by atoms with van der Waals surface area (Å²) >= 11 is 0. The van der Waals surface area contributed by atoms with Crippen molar-refractivity contribution in [3.05, 3.63) is 12.2 Å². The molecule has 0 aromatic carbocycles. The molecule has 1 N–H and O–H groups in total. The monoisotopic (exact) mass is 282 g/mol. The molecule has 20 heavy (non-hydrogen) atoms. The van der Waals surface area contributed by atoms with Crippen LogP contribution in [-0.2, 0) is 17.7 Å². The molecule has 0 fully saturated rings. The lowest BCUT2D eigenvalue weighted by Crippen LogP contribution is -2.34. The van der Waals surface area contributed by atoms with Gasteiger partial charge < -0.3 is 10.1 Å². The molecule has 5 nitrogen and oxygen atoms in total. The number of nitrogens with one attached hydrogen (secondary N) is 1. The highest BCUT2D eigenvalue weighted by molar-refractivity contribution is 4.90. The number of nitrogens with zero attached hydrogens (tertiary/aromatic N) is 3. The minimum Gasteiger partial charge on any atom is -0.382 e. The van der Waals surface area contributed by atoms with Crippen LogP contribution in [0.15, 0.2) is 6.33 Å². The van der Waals surface area contributed by atoms with Crippen LogP contribution in [0.5, 0.6) is 0 Å². The molecule has 1 atom stereocenters. The lowest BCUT2D eigenvalue weighted by molar-refractivity contribution is 0.136. The van der Waals surface area contributed by atoms with Gasteiger partial charge in [0.05, 0.1) is 0 Å². The van der Waals surface area contributed by atoms with E-state index in [0.29, 0.717) is 12.0 Å². The summed E-state index contributed by atoms with van der Waals surface area (Å²) in [7, 11) is 0. The van der Waals surface area contributed by atoms with Gasteiger partial charge in [-0.15, -0.1) is 0 Å². The smallest absolute Gasteiger partial charge is 0.138 e. The van der Waals surface area contributed by atoms with Crippen molar-refractivity contribution in [1.29, 1.82) is 0 Å². The largest absolute Gasteiger partial charge is 0.382 e. The van der Waals surface area contributed by atoms with Gasteiger partial charge >= 0.3 is 0 Å². The summed E-state index contributed by atoms with van der Waals surface area (Å²) in [6, 6.07) is 0.414. The number of aromatic nitrogens is 3. The van der Waals surface area contributed by atoms with Crippen molar-refractivity contribution in [2.45, 2.75) is 59.5 Å². The fourth-order valence-corrected chi connectivity index (χ4v) is 2.16.